The number of rotatable bonds is 7. The van der Waals surface area contributed by atoms with Crippen LogP contribution in [0.15, 0.2) is 0 Å². The summed E-state index contributed by atoms with van der Waals surface area (Å²) in [5.74, 6) is 0. The fourth-order valence-corrected chi connectivity index (χ4v) is 3.35. The number of quaternary nitrogens is 1. The van der Waals surface area contributed by atoms with Crippen molar-refractivity contribution in [3.05, 3.63) is 5.21 Å². The first-order valence-corrected chi connectivity index (χ1v) is 8.26. The van der Waals surface area contributed by atoms with Gasteiger partial charge in [0.2, 0.25) is 0 Å². The second-order valence-corrected chi connectivity index (χ2v) is 5.94. The molecule has 1 aliphatic heterocycles. The SMILES string of the molecule is CCN(CC)CCCNC1NC2CCCCC2[NH+]([O-])N1. The van der Waals surface area contributed by atoms with E-state index < -0.39 is 0 Å². The van der Waals surface area contributed by atoms with Gasteiger partial charge in [0, 0.05) is 6.42 Å². The maximum atomic E-state index is 12.1. The van der Waals surface area contributed by atoms with Crippen molar-refractivity contribution in [2.24, 2.45) is 0 Å². The van der Waals surface area contributed by atoms with Crippen LogP contribution in [0.3, 0.4) is 0 Å². The highest BCUT2D eigenvalue weighted by molar-refractivity contribution is 4.84. The number of hydrogen-bond acceptors (Lipinski definition) is 5. The lowest BCUT2D eigenvalue weighted by molar-refractivity contribution is -0.935. The largest absolute Gasteiger partial charge is 0.613 e. The minimum absolute atomic E-state index is 0.0430. The van der Waals surface area contributed by atoms with Crippen molar-refractivity contribution < 1.29 is 5.17 Å². The highest BCUT2D eigenvalue weighted by Crippen LogP contribution is 2.17. The van der Waals surface area contributed by atoms with E-state index in [2.05, 4.69) is 34.8 Å². The highest BCUT2D eigenvalue weighted by atomic mass is 16.5. The van der Waals surface area contributed by atoms with Gasteiger partial charge in [0.15, 0.2) is 6.29 Å². The van der Waals surface area contributed by atoms with Crippen LogP contribution in [0, 0.1) is 5.21 Å². The first-order chi connectivity index (χ1) is 9.74. The maximum Gasteiger partial charge on any atom is 0.158 e. The van der Waals surface area contributed by atoms with Crippen LogP contribution in [0.25, 0.3) is 0 Å². The smallest absolute Gasteiger partial charge is 0.158 e. The molecule has 6 heteroatoms. The van der Waals surface area contributed by atoms with Crippen molar-refractivity contribution in [1.29, 1.82) is 0 Å². The van der Waals surface area contributed by atoms with Crippen molar-refractivity contribution in [3.8, 4) is 0 Å². The van der Waals surface area contributed by atoms with Gasteiger partial charge in [-0.05, 0) is 45.4 Å². The van der Waals surface area contributed by atoms with E-state index in [1.807, 2.05) is 0 Å². The Hall–Kier alpha value is -0.240. The standard InChI is InChI=1S/C14H31N5O/c1-3-18(4-2)11-7-10-15-14-16-12-8-5-6-9-13(12)19(20)17-14/h12-17,19H,3-11H2,1-2H3. The Kier molecular flexibility index (Phi) is 6.67. The fraction of sp³-hybridized carbons (Fsp3) is 1.00. The van der Waals surface area contributed by atoms with Gasteiger partial charge in [0.25, 0.3) is 0 Å². The normalized spacial score (nSPS) is 34.2. The third-order valence-electron chi connectivity index (χ3n) is 4.66. The molecule has 1 aliphatic carbocycles. The molecule has 0 aromatic rings. The Balaban J connectivity index is 1.66. The molecule has 4 unspecified atom stereocenters. The predicted molar refractivity (Wildman–Crippen MR) is 80.8 cm³/mol. The van der Waals surface area contributed by atoms with E-state index in [0.717, 1.165) is 45.4 Å². The molecule has 2 fully saturated rings. The van der Waals surface area contributed by atoms with E-state index in [1.165, 1.54) is 12.8 Å². The van der Waals surface area contributed by atoms with Gasteiger partial charge in [-0.3, -0.25) is 15.8 Å². The molecule has 6 nitrogen and oxygen atoms in total. The van der Waals surface area contributed by atoms with Crippen LogP contribution < -0.4 is 21.2 Å². The van der Waals surface area contributed by atoms with Gasteiger partial charge in [-0.15, -0.1) is 5.43 Å². The van der Waals surface area contributed by atoms with E-state index in [0.29, 0.717) is 6.04 Å². The molecule has 1 saturated carbocycles. The monoisotopic (exact) mass is 285 g/mol. The summed E-state index contributed by atoms with van der Waals surface area (Å²) >= 11 is 0. The lowest BCUT2D eigenvalue weighted by atomic mass is 9.90. The first kappa shape index (κ1) is 16.1. The first-order valence-electron chi connectivity index (χ1n) is 8.26. The molecule has 2 rings (SSSR count). The average molecular weight is 285 g/mol. The van der Waals surface area contributed by atoms with Gasteiger partial charge in [-0.2, -0.15) is 0 Å². The van der Waals surface area contributed by atoms with Gasteiger partial charge in [0.1, 0.15) is 6.04 Å². The zero-order valence-electron chi connectivity index (χ0n) is 13.0. The quantitative estimate of drug-likeness (QED) is 0.371. The van der Waals surface area contributed by atoms with Gasteiger partial charge in [0.05, 0.1) is 6.04 Å². The topological polar surface area (TPSA) is 66.8 Å². The maximum absolute atomic E-state index is 12.1. The molecule has 0 radical (unpaired) electrons. The Morgan fingerprint density at radius 2 is 2.00 bits per heavy atom. The van der Waals surface area contributed by atoms with Crippen LogP contribution in [-0.2, 0) is 0 Å². The number of nitrogens with zero attached hydrogens (tertiary/aromatic N) is 1. The Morgan fingerprint density at radius 3 is 2.75 bits per heavy atom. The third kappa shape index (κ3) is 4.38. The van der Waals surface area contributed by atoms with Crippen molar-refractivity contribution in [2.75, 3.05) is 26.2 Å². The molecule has 20 heavy (non-hydrogen) atoms. The summed E-state index contributed by atoms with van der Waals surface area (Å²) in [5.41, 5.74) is 3.06. The van der Waals surface area contributed by atoms with Gasteiger partial charge >= 0.3 is 0 Å². The molecule has 4 N–H and O–H groups in total. The summed E-state index contributed by atoms with van der Waals surface area (Å²) in [5, 5.41) is 19.3. The molecular weight excluding hydrogens is 254 g/mol. The molecule has 0 aromatic heterocycles. The van der Waals surface area contributed by atoms with E-state index in [1.54, 1.807) is 0 Å². The molecule has 4 atom stereocenters. The summed E-state index contributed by atoms with van der Waals surface area (Å²) in [6, 6.07) is 0.565. The minimum Gasteiger partial charge on any atom is -0.613 e. The van der Waals surface area contributed by atoms with Crippen molar-refractivity contribution in [2.45, 2.75) is 64.3 Å². The summed E-state index contributed by atoms with van der Waals surface area (Å²) in [6.45, 7) is 8.67. The number of fused-ring (bicyclic) bond motifs is 1. The van der Waals surface area contributed by atoms with Crippen LogP contribution in [0.4, 0.5) is 0 Å². The van der Waals surface area contributed by atoms with Gasteiger partial charge in [-0.25, -0.2) is 0 Å². The van der Waals surface area contributed by atoms with Crippen molar-refractivity contribution in [3.63, 3.8) is 0 Å². The van der Waals surface area contributed by atoms with Gasteiger partial charge in [-0.1, -0.05) is 20.3 Å². The van der Waals surface area contributed by atoms with Crippen LogP contribution in [0.1, 0.15) is 46.0 Å². The highest BCUT2D eigenvalue weighted by Gasteiger charge is 2.36. The van der Waals surface area contributed by atoms with Crippen molar-refractivity contribution >= 4 is 0 Å². The minimum atomic E-state index is -0.0430. The molecular formula is C14H31N5O. The van der Waals surface area contributed by atoms with Crippen molar-refractivity contribution in [1.82, 2.24) is 21.0 Å². The average Bonchev–Trinajstić information content (AvgIpc) is 2.47. The number of hydroxylamine groups is 1. The fourth-order valence-electron chi connectivity index (χ4n) is 3.35. The molecule has 0 bridgehead atoms. The molecule has 0 spiro atoms. The number of nitrogens with one attached hydrogen (secondary N) is 4. The Labute approximate surface area is 122 Å². The van der Waals surface area contributed by atoms with Gasteiger partial charge < -0.3 is 10.1 Å². The molecule has 0 aromatic carbocycles. The second-order valence-electron chi connectivity index (χ2n) is 5.94. The molecule has 1 saturated heterocycles. The van der Waals surface area contributed by atoms with E-state index in [4.69, 9.17) is 0 Å². The summed E-state index contributed by atoms with van der Waals surface area (Å²) in [7, 11) is 0. The zero-order valence-corrected chi connectivity index (χ0v) is 13.0. The molecule has 2 aliphatic rings. The predicted octanol–water partition coefficient (Wildman–Crippen LogP) is -0.607. The molecule has 1 heterocycles. The van der Waals surface area contributed by atoms with Crippen LogP contribution in [0.5, 0.6) is 0 Å². The van der Waals surface area contributed by atoms with Crippen LogP contribution in [0.2, 0.25) is 0 Å². The zero-order chi connectivity index (χ0) is 14.4. The van der Waals surface area contributed by atoms with E-state index in [-0.39, 0.29) is 17.5 Å². The lowest BCUT2D eigenvalue weighted by Gasteiger charge is -2.46. The number of hydrogen-bond donors (Lipinski definition) is 4. The van der Waals surface area contributed by atoms with E-state index >= 15 is 0 Å². The molecule has 0 amide bonds. The van der Waals surface area contributed by atoms with Crippen LogP contribution in [-0.4, -0.2) is 49.5 Å². The molecule has 118 valence electrons. The summed E-state index contributed by atoms with van der Waals surface area (Å²) in [4.78, 5) is 2.42. The second kappa shape index (κ2) is 8.26. The Morgan fingerprint density at radius 1 is 1.25 bits per heavy atom. The summed E-state index contributed by atoms with van der Waals surface area (Å²) in [6.07, 6.45) is 5.69. The van der Waals surface area contributed by atoms with Crippen LogP contribution >= 0.6 is 0 Å². The third-order valence-corrected chi connectivity index (χ3v) is 4.66. The van der Waals surface area contributed by atoms with E-state index in [9.17, 15) is 5.21 Å². The summed E-state index contributed by atoms with van der Waals surface area (Å²) < 4.78 is 0. The lowest BCUT2D eigenvalue weighted by Crippen LogP contribution is -3.23. The Bertz CT molecular complexity index is 274.